The first kappa shape index (κ1) is 17.3. The summed E-state index contributed by atoms with van der Waals surface area (Å²) in [6, 6.07) is 13.8. The molecule has 0 aliphatic carbocycles. The van der Waals surface area contributed by atoms with Crippen LogP contribution < -0.4 is 4.90 Å². The standard InChI is InChI=1S/C18H21F3N2/c1-22(2)16-10-8-14(9-11-16)12-23(3)13-15-6-4-5-7-17(15)18(19,20)21/h4-11H,12-13H2,1-3H3. The topological polar surface area (TPSA) is 6.48 Å². The number of halogens is 3. The van der Waals surface area contributed by atoms with Crippen molar-refractivity contribution in [1.82, 2.24) is 4.90 Å². The molecule has 0 bridgehead atoms. The Labute approximate surface area is 135 Å². The summed E-state index contributed by atoms with van der Waals surface area (Å²) in [4.78, 5) is 3.89. The molecular formula is C18H21F3N2. The lowest BCUT2D eigenvalue weighted by molar-refractivity contribution is -0.138. The van der Waals surface area contributed by atoms with E-state index in [-0.39, 0.29) is 6.54 Å². The molecule has 0 aliphatic heterocycles. The highest BCUT2D eigenvalue weighted by Crippen LogP contribution is 2.32. The molecule has 0 spiro atoms. The molecule has 124 valence electrons. The van der Waals surface area contributed by atoms with Crippen LogP contribution in [-0.4, -0.2) is 26.0 Å². The number of hydrogen-bond acceptors (Lipinski definition) is 2. The molecular weight excluding hydrogens is 301 g/mol. The molecule has 0 saturated carbocycles. The summed E-state index contributed by atoms with van der Waals surface area (Å²) in [5, 5.41) is 0. The van der Waals surface area contributed by atoms with Crippen molar-refractivity contribution in [2.45, 2.75) is 19.3 Å². The Morgan fingerprint density at radius 1 is 0.826 bits per heavy atom. The van der Waals surface area contributed by atoms with Crippen molar-refractivity contribution >= 4 is 5.69 Å². The van der Waals surface area contributed by atoms with Crippen molar-refractivity contribution in [2.75, 3.05) is 26.0 Å². The average molecular weight is 322 g/mol. The Morgan fingerprint density at radius 2 is 1.43 bits per heavy atom. The van der Waals surface area contributed by atoms with Crippen LogP contribution in [0.4, 0.5) is 18.9 Å². The van der Waals surface area contributed by atoms with Gasteiger partial charge in [-0.1, -0.05) is 30.3 Å². The van der Waals surface area contributed by atoms with Crippen LogP contribution >= 0.6 is 0 Å². The zero-order chi connectivity index (χ0) is 17.0. The Hall–Kier alpha value is -2.01. The van der Waals surface area contributed by atoms with Crippen molar-refractivity contribution in [3.8, 4) is 0 Å². The molecule has 5 heteroatoms. The fourth-order valence-electron chi connectivity index (χ4n) is 2.49. The maximum absolute atomic E-state index is 13.0. The van der Waals surface area contributed by atoms with Crippen LogP contribution in [0, 0.1) is 0 Å². The van der Waals surface area contributed by atoms with Crippen LogP contribution in [0.2, 0.25) is 0 Å². The predicted molar refractivity (Wildman–Crippen MR) is 87.4 cm³/mol. The Morgan fingerprint density at radius 3 is 2.00 bits per heavy atom. The predicted octanol–water partition coefficient (Wildman–Crippen LogP) is 4.40. The number of rotatable bonds is 5. The summed E-state index contributed by atoms with van der Waals surface area (Å²) in [7, 11) is 5.76. The van der Waals surface area contributed by atoms with E-state index in [2.05, 4.69) is 0 Å². The minimum Gasteiger partial charge on any atom is -0.378 e. The Balaban J connectivity index is 2.07. The van der Waals surface area contributed by atoms with Crippen LogP contribution in [0.1, 0.15) is 16.7 Å². The molecule has 0 saturated heterocycles. The van der Waals surface area contributed by atoms with E-state index < -0.39 is 11.7 Å². The van der Waals surface area contributed by atoms with Gasteiger partial charge in [0.2, 0.25) is 0 Å². The highest BCUT2D eigenvalue weighted by molar-refractivity contribution is 5.46. The van der Waals surface area contributed by atoms with E-state index in [1.807, 2.05) is 55.2 Å². The number of hydrogen-bond donors (Lipinski definition) is 0. The van der Waals surface area contributed by atoms with Gasteiger partial charge in [-0.2, -0.15) is 13.2 Å². The summed E-state index contributed by atoms with van der Waals surface area (Å²) < 4.78 is 39.1. The van der Waals surface area contributed by atoms with Crippen molar-refractivity contribution in [3.63, 3.8) is 0 Å². The Bertz CT molecular complexity index is 633. The minimum absolute atomic E-state index is 0.255. The second-order valence-corrected chi connectivity index (χ2v) is 5.89. The first-order chi connectivity index (χ1) is 10.8. The summed E-state index contributed by atoms with van der Waals surface area (Å²) in [5.41, 5.74) is 1.91. The van der Waals surface area contributed by atoms with Gasteiger partial charge >= 0.3 is 6.18 Å². The molecule has 0 radical (unpaired) electrons. The highest BCUT2D eigenvalue weighted by atomic mass is 19.4. The van der Waals surface area contributed by atoms with E-state index >= 15 is 0 Å². The van der Waals surface area contributed by atoms with Gasteiger partial charge in [0.25, 0.3) is 0 Å². The Kier molecular flexibility index (Phi) is 5.31. The molecule has 0 N–H and O–H groups in total. The van der Waals surface area contributed by atoms with E-state index in [0.717, 1.165) is 17.3 Å². The van der Waals surface area contributed by atoms with E-state index in [0.29, 0.717) is 12.1 Å². The van der Waals surface area contributed by atoms with Crippen molar-refractivity contribution in [2.24, 2.45) is 0 Å². The molecule has 0 atom stereocenters. The van der Waals surface area contributed by atoms with Gasteiger partial charge in [-0.3, -0.25) is 4.90 Å². The zero-order valence-electron chi connectivity index (χ0n) is 13.6. The maximum Gasteiger partial charge on any atom is 0.416 e. The van der Waals surface area contributed by atoms with E-state index in [1.165, 1.54) is 12.1 Å². The molecule has 0 aromatic heterocycles. The van der Waals surface area contributed by atoms with Crippen LogP contribution in [0.5, 0.6) is 0 Å². The fraction of sp³-hybridized carbons (Fsp3) is 0.333. The second kappa shape index (κ2) is 7.04. The van der Waals surface area contributed by atoms with Gasteiger partial charge in [-0.05, 0) is 36.4 Å². The number of anilines is 1. The van der Waals surface area contributed by atoms with Gasteiger partial charge in [-0.25, -0.2) is 0 Å². The van der Waals surface area contributed by atoms with Crippen LogP contribution in [0.25, 0.3) is 0 Å². The normalized spacial score (nSPS) is 11.8. The summed E-state index contributed by atoms with van der Waals surface area (Å²) in [6.07, 6.45) is -4.31. The van der Waals surface area contributed by atoms with E-state index in [1.54, 1.807) is 6.07 Å². The third-order valence-electron chi connectivity index (χ3n) is 3.67. The van der Waals surface area contributed by atoms with Gasteiger partial charge in [-0.15, -0.1) is 0 Å². The molecule has 2 rings (SSSR count). The molecule has 0 amide bonds. The van der Waals surface area contributed by atoms with E-state index in [4.69, 9.17) is 0 Å². The zero-order valence-corrected chi connectivity index (χ0v) is 13.6. The van der Waals surface area contributed by atoms with Crippen LogP contribution in [0.15, 0.2) is 48.5 Å². The van der Waals surface area contributed by atoms with Gasteiger partial charge < -0.3 is 4.90 Å². The van der Waals surface area contributed by atoms with Crippen LogP contribution in [-0.2, 0) is 19.3 Å². The van der Waals surface area contributed by atoms with Gasteiger partial charge in [0, 0.05) is 32.9 Å². The minimum atomic E-state index is -4.31. The van der Waals surface area contributed by atoms with Crippen molar-refractivity contribution in [3.05, 3.63) is 65.2 Å². The molecule has 2 aromatic carbocycles. The first-order valence-corrected chi connectivity index (χ1v) is 7.37. The fourth-order valence-corrected chi connectivity index (χ4v) is 2.49. The lowest BCUT2D eigenvalue weighted by Crippen LogP contribution is -2.20. The number of benzene rings is 2. The molecule has 0 heterocycles. The lowest BCUT2D eigenvalue weighted by atomic mass is 10.1. The summed E-state index contributed by atoms with van der Waals surface area (Å²) >= 11 is 0. The first-order valence-electron chi connectivity index (χ1n) is 7.37. The quantitative estimate of drug-likeness (QED) is 0.805. The monoisotopic (exact) mass is 322 g/mol. The molecule has 0 aliphatic rings. The highest BCUT2D eigenvalue weighted by Gasteiger charge is 2.32. The summed E-state index contributed by atoms with van der Waals surface area (Å²) in [6.45, 7) is 0.852. The molecule has 2 aromatic rings. The van der Waals surface area contributed by atoms with Gasteiger partial charge in [0.1, 0.15) is 0 Å². The third-order valence-corrected chi connectivity index (χ3v) is 3.67. The smallest absolute Gasteiger partial charge is 0.378 e. The number of nitrogens with zero attached hydrogens (tertiary/aromatic N) is 2. The van der Waals surface area contributed by atoms with Crippen molar-refractivity contribution < 1.29 is 13.2 Å². The molecule has 0 fully saturated rings. The SMILES string of the molecule is CN(Cc1ccc(N(C)C)cc1)Cc1ccccc1C(F)(F)F. The number of alkyl halides is 3. The average Bonchev–Trinajstić information content (AvgIpc) is 2.47. The second-order valence-electron chi connectivity index (χ2n) is 5.89. The maximum atomic E-state index is 13.0. The molecule has 23 heavy (non-hydrogen) atoms. The van der Waals surface area contributed by atoms with E-state index in [9.17, 15) is 13.2 Å². The largest absolute Gasteiger partial charge is 0.416 e. The lowest BCUT2D eigenvalue weighted by Gasteiger charge is -2.20. The molecule has 2 nitrogen and oxygen atoms in total. The van der Waals surface area contributed by atoms with Gasteiger partial charge in [0.15, 0.2) is 0 Å². The molecule has 0 unspecified atom stereocenters. The third kappa shape index (κ3) is 4.73. The van der Waals surface area contributed by atoms with Crippen molar-refractivity contribution in [1.29, 1.82) is 0 Å². The van der Waals surface area contributed by atoms with Gasteiger partial charge in [0.05, 0.1) is 5.56 Å². The van der Waals surface area contributed by atoms with Crippen LogP contribution in [0.3, 0.4) is 0 Å². The summed E-state index contributed by atoms with van der Waals surface area (Å²) in [5.74, 6) is 0.